The first-order chi connectivity index (χ1) is 14.0. The minimum atomic E-state index is -0.515. The number of thiophene rings is 1. The second-order valence-electron chi connectivity index (χ2n) is 6.59. The van der Waals surface area contributed by atoms with E-state index >= 15 is 0 Å². The number of nitrogens with one attached hydrogen (secondary N) is 1. The van der Waals surface area contributed by atoms with Crippen molar-refractivity contribution < 1.29 is 19.1 Å². The lowest BCUT2D eigenvalue weighted by atomic mass is 10.0. The number of fused-ring (bicyclic) bond motifs is 2. The van der Waals surface area contributed by atoms with Gasteiger partial charge in [-0.1, -0.05) is 12.1 Å². The normalized spacial score (nSPS) is 13.1. The molecule has 3 heterocycles. The Bertz CT molecular complexity index is 1140. The molecule has 2 amide bonds. The van der Waals surface area contributed by atoms with Crippen LogP contribution in [0.15, 0.2) is 30.5 Å². The highest BCUT2D eigenvalue weighted by atomic mass is 32.1. The van der Waals surface area contributed by atoms with Crippen LogP contribution in [-0.4, -0.2) is 46.3 Å². The Hall–Kier alpha value is -3.33. The maximum Gasteiger partial charge on any atom is 0.341 e. The molecule has 1 N–H and O–H groups in total. The minimum Gasteiger partial charge on any atom is -0.465 e. The van der Waals surface area contributed by atoms with Crippen LogP contribution >= 0.6 is 11.3 Å². The zero-order valence-corrected chi connectivity index (χ0v) is 16.7. The third kappa shape index (κ3) is 3.56. The maximum atomic E-state index is 12.8. The molecule has 0 aliphatic carbocycles. The van der Waals surface area contributed by atoms with E-state index in [0.29, 0.717) is 41.1 Å². The van der Waals surface area contributed by atoms with Crippen molar-refractivity contribution in [1.29, 1.82) is 0 Å². The van der Waals surface area contributed by atoms with Crippen LogP contribution in [0.4, 0.5) is 5.00 Å². The number of carbonyl (C=O) groups is 3. The van der Waals surface area contributed by atoms with Crippen LogP contribution in [0.3, 0.4) is 0 Å². The predicted molar refractivity (Wildman–Crippen MR) is 108 cm³/mol. The summed E-state index contributed by atoms with van der Waals surface area (Å²) in [5.74, 6) is -1.00. The second-order valence-corrected chi connectivity index (χ2v) is 7.69. The monoisotopic (exact) mass is 410 g/mol. The van der Waals surface area contributed by atoms with Crippen LogP contribution in [0.2, 0.25) is 0 Å². The Morgan fingerprint density at radius 3 is 2.69 bits per heavy atom. The van der Waals surface area contributed by atoms with Crippen molar-refractivity contribution >= 4 is 45.2 Å². The quantitative estimate of drug-likeness (QED) is 0.666. The average Bonchev–Trinajstić information content (AvgIpc) is 3.09. The first-order valence-electron chi connectivity index (χ1n) is 8.99. The summed E-state index contributed by atoms with van der Waals surface area (Å²) in [6, 6.07) is 7.26. The number of ether oxygens (including phenoxy) is 1. The molecule has 1 aliphatic heterocycles. The highest BCUT2D eigenvalue weighted by Gasteiger charge is 2.30. The summed E-state index contributed by atoms with van der Waals surface area (Å²) in [4.78, 5) is 48.1. The van der Waals surface area contributed by atoms with Gasteiger partial charge >= 0.3 is 5.97 Å². The number of methoxy groups -OCH3 is 1. The molecule has 0 spiro atoms. The Labute approximate surface area is 170 Å². The molecule has 9 heteroatoms. The van der Waals surface area contributed by atoms with Crippen LogP contribution < -0.4 is 5.32 Å². The van der Waals surface area contributed by atoms with Gasteiger partial charge in [0.2, 0.25) is 5.91 Å². The largest absolute Gasteiger partial charge is 0.465 e. The van der Waals surface area contributed by atoms with E-state index in [9.17, 15) is 14.4 Å². The van der Waals surface area contributed by atoms with E-state index < -0.39 is 11.9 Å². The fraction of sp³-hybridized carbons (Fsp3) is 0.250. The zero-order chi connectivity index (χ0) is 20.5. The molecule has 3 aromatic rings. The zero-order valence-electron chi connectivity index (χ0n) is 15.9. The van der Waals surface area contributed by atoms with Gasteiger partial charge in [0, 0.05) is 18.3 Å². The Morgan fingerprint density at radius 1 is 1.21 bits per heavy atom. The van der Waals surface area contributed by atoms with Crippen molar-refractivity contribution in [3.8, 4) is 0 Å². The van der Waals surface area contributed by atoms with Gasteiger partial charge in [-0.25, -0.2) is 9.78 Å². The lowest BCUT2D eigenvalue weighted by Gasteiger charge is -2.25. The highest BCUT2D eigenvalue weighted by Crippen LogP contribution is 2.37. The smallest absolute Gasteiger partial charge is 0.341 e. The van der Waals surface area contributed by atoms with E-state index in [-0.39, 0.29) is 11.6 Å². The van der Waals surface area contributed by atoms with E-state index in [4.69, 9.17) is 4.74 Å². The average molecular weight is 410 g/mol. The molecule has 1 aromatic carbocycles. The predicted octanol–water partition coefficient (Wildman–Crippen LogP) is 2.63. The molecule has 0 radical (unpaired) electrons. The Balaban J connectivity index is 1.67. The standard InChI is InChI=1S/C20H18N4O4S/c1-11(25)24-8-7-12-16(10-24)29-19(17(12)20(27)28-2)23-18(26)15-9-21-13-5-3-4-6-14(13)22-15/h3-6,9H,7-8,10H2,1-2H3,(H,23,26). The number of aromatic nitrogens is 2. The number of nitrogens with zero attached hydrogens (tertiary/aromatic N) is 3. The van der Waals surface area contributed by atoms with Crippen molar-refractivity contribution in [3.63, 3.8) is 0 Å². The van der Waals surface area contributed by atoms with Crippen LogP contribution in [0.1, 0.15) is 38.2 Å². The molecule has 2 aromatic heterocycles. The van der Waals surface area contributed by atoms with Gasteiger partial charge in [-0.3, -0.25) is 14.6 Å². The van der Waals surface area contributed by atoms with Crippen molar-refractivity contribution in [2.75, 3.05) is 19.0 Å². The molecule has 0 fully saturated rings. The van der Waals surface area contributed by atoms with Gasteiger partial charge in [-0.2, -0.15) is 0 Å². The first-order valence-corrected chi connectivity index (χ1v) is 9.81. The molecule has 0 saturated heterocycles. The number of amides is 2. The summed E-state index contributed by atoms with van der Waals surface area (Å²) in [5, 5.41) is 3.18. The molecule has 1 aliphatic rings. The summed E-state index contributed by atoms with van der Waals surface area (Å²) in [5.41, 5.74) is 2.61. The summed E-state index contributed by atoms with van der Waals surface area (Å²) < 4.78 is 4.93. The summed E-state index contributed by atoms with van der Waals surface area (Å²) >= 11 is 1.28. The third-order valence-electron chi connectivity index (χ3n) is 4.80. The fourth-order valence-electron chi connectivity index (χ4n) is 3.31. The molecule has 0 unspecified atom stereocenters. The van der Waals surface area contributed by atoms with E-state index in [2.05, 4.69) is 15.3 Å². The van der Waals surface area contributed by atoms with Crippen molar-refractivity contribution in [1.82, 2.24) is 14.9 Å². The van der Waals surface area contributed by atoms with Gasteiger partial charge < -0.3 is 15.0 Å². The number of benzene rings is 1. The number of hydrogen-bond donors (Lipinski definition) is 1. The number of esters is 1. The number of rotatable bonds is 3. The van der Waals surface area contributed by atoms with Crippen LogP contribution in [0.25, 0.3) is 11.0 Å². The molecule has 148 valence electrons. The molecular formula is C20H18N4O4S. The van der Waals surface area contributed by atoms with E-state index in [1.54, 1.807) is 11.0 Å². The topological polar surface area (TPSA) is 101 Å². The van der Waals surface area contributed by atoms with Gasteiger partial charge in [-0.05, 0) is 24.1 Å². The fourth-order valence-corrected chi connectivity index (χ4v) is 4.56. The molecule has 8 nitrogen and oxygen atoms in total. The van der Waals surface area contributed by atoms with E-state index in [0.717, 1.165) is 10.4 Å². The van der Waals surface area contributed by atoms with Crippen LogP contribution in [0.5, 0.6) is 0 Å². The lowest BCUT2D eigenvalue weighted by molar-refractivity contribution is -0.129. The second kappa shape index (κ2) is 7.59. The number of hydrogen-bond acceptors (Lipinski definition) is 7. The Kier molecular flexibility index (Phi) is 4.98. The Morgan fingerprint density at radius 2 is 1.97 bits per heavy atom. The molecular weight excluding hydrogens is 392 g/mol. The minimum absolute atomic E-state index is 0.0271. The SMILES string of the molecule is COC(=O)c1c(NC(=O)c2cnc3ccccc3n2)sc2c1CCN(C(C)=O)C2. The van der Waals surface area contributed by atoms with Crippen molar-refractivity contribution in [2.24, 2.45) is 0 Å². The molecule has 4 rings (SSSR count). The van der Waals surface area contributed by atoms with Gasteiger partial charge in [0.1, 0.15) is 10.7 Å². The van der Waals surface area contributed by atoms with Crippen LogP contribution in [-0.2, 0) is 22.5 Å². The first kappa shape index (κ1) is 19.0. The number of anilines is 1. The lowest BCUT2D eigenvalue weighted by Crippen LogP contribution is -2.33. The van der Waals surface area contributed by atoms with Gasteiger partial charge in [0.25, 0.3) is 5.91 Å². The van der Waals surface area contributed by atoms with Crippen molar-refractivity contribution in [2.45, 2.75) is 19.9 Å². The molecule has 0 atom stereocenters. The van der Waals surface area contributed by atoms with Crippen LogP contribution in [0, 0.1) is 0 Å². The third-order valence-corrected chi connectivity index (χ3v) is 5.93. The molecule has 0 bridgehead atoms. The van der Waals surface area contributed by atoms with Gasteiger partial charge in [0.05, 0.1) is 36.4 Å². The summed E-state index contributed by atoms with van der Waals surface area (Å²) in [7, 11) is 1.30. The number of para-hydroxylation sites is 2. The van der Waals surface area contributed by atoms with Crippen molar-refractivity contribution in [3.05, 3.63) is 52.2 Å². The van der Waals surface area contributed by atoms with E-state index in [1.807, 2.05) is 18.2 Å². The summed E-state index contributed by atoms with van der Waals surface area (Å²) in [6.45, 7) is 2.44. The summed E-state index contributed by atoms with van der Waals surface area (Å²) in [6.07, 6.45) is 1.93. The molecule has 0 saturated carbocycles. The maximum absolute atomic E-state index is 12.8. The van der Waals surface area contributed by atoms with E-state index in [1.165, 1.54) is 31.6 Å². The highest BCUT2D eigenvalue weighted by molar-refractivity contribution is 7.17. The van der Waals surface area contributed by atoms with Gasteiger partial charge in [0.15, 0.2) is 0 Å². The van der Waals surface area contributed by atoms with Gasteiger partial charge in [-0.15, -0.1) is 11.3 Å². The number of carbonyl (C=O) groups excluding carboxylic acids is 3. The molecule has 29 heavy (non-hydrogen) atoms.